The third kappa shape index (κ3) is 3.60. The van der Waals surface area contributed by atoms with E-state index in [1.165, 1.54) is 10.3 Å². The summed E-state index contributed by atoms with van der Waals surface area (Å²) < 4.78 is 7.01. The predicted molar refractivity (Wildman–Crippen MR) is 87.8 cm³/mol. The second-order valence-corrected chi connectivity index (χ2v) is 5.90. The summed E-state index contributed by atoms with van der Waals surface area (Å²) in [5, 5.41) is 4.31. The van der Waals surface area contributed by atoms with E-state index < -0.39 is 0 Å². The highest BCUT2D eigenvalue weighted by Gasteiger charge is 2.04. The Morgan fingerprint density at radius 3 is 2.67 bits per heavy atom. The van der Waals surface area contributed by atoms with Gasteiger partial charge in [-0.25, -0.2) is 4.98 Å². The van der Waals surface area contributed by atoms with Gasteiger partial charge in [-0.3, -0.25) is 0 Å². The molecule has 0 fully saturated rings. The molecule has 0 saturated heterocycles. The molecule has 0 aliphatic rings. The summed E-state index contributed by atoms with van der Waals surface area (Å²) in [4.78, 5) is 4.57. The molecule has 0 aliphatic carbocycles. The molecular formula is C17H18N2OS. The first-order valence-electron chi connectivity index (χ1n) is 7.12. The molecule has 1 N–H and O–H groups in total. The number of nitrogens with one attached hydrogen (secondary N) is 1. The van der Waals surface area contributed by atoms with Crippen molar-refractivity contribution < 1.29 is 4.74 Å². The van der Waals surface area contributed by atoms with Gasteiger partial charge in [0.25, 0.3) is 0 Å². The third-order valence-corrected chi connectivity index (χ3v) is 4.21. The Labute approximate surface area is 128 Å². The maximum absolute atomic E-state index is 5.81. The van der Waals surface area contributed by atoms with Crippen molar-refractivity contribution in [3.63, 3.8) is 0 Å². The summed E-state index contributed by atoms with van der Waals surface area (Å²) in [7, 11) is 0. The van der Waals surface area contributed by atoms with E-state index in [2.05, 4.69) is 35.4 Å². The van der Waals surface area contributed by atoms with Crippen molar-refractivity contribution in [2.24, 2.45) is 0 Å². The lowest BCUT2D eigenvalue weighted by molar-refractivity contribution is 0.305. The number of para-hydroxylation sites is 1. The summed E-state index contributed by atoms with van der Waals surface area (Å²) >= 11 is 1.68. The second kappa shape index (κ2) is 6.70. The average Bonchev–Trinajstić information content (AvgIpc) is 2.95. The fourth-order valence-electron chi connectivity index (χ4n) is 2.10. The molecule has 0 bridgehead atoms. The Morgan fingerprint density at radius 2 is 1.90 bits per heavy atom. The van der Waals surface area contributed by atoms with E-state index in [4.69, 9.17) is 4.74 Å². The van der Waals surface area contributed by atoms with E-state index in [1.54, 1.807) is 11.3 Å². The van der Waals surface area contributed by atoms with Crippen LogP contribution >= 0.6 is 11.3 Å². The van der Waals surface area contributed by atoms with Crippen molar-refractivity contribution in [3.05, 3.63) is 59.1 Å². The second-order valence-electron chi connectivity index (χ2n) is 4.79. The Hall–Kier alpha value is -1.91. The number of fused-ring (bicyclic) bond motifs is 1. The zero-order valence-electron chi connectivity index (χ0n) is 12.0. The molecule has 0 spiro atoms. The van der Waals surface area contributed by atoms with Crippen LogP contribution in [0.2, 0.25) is 0 Å². The highest BCUT2D eigenvalue weighted by atomic mass is 32.1. The smallest absolute Gasteiger partial charge is 0.140 e. The van der Waals surface area contributed by atoms with Crippen LogP contribution in [0.3, 0.4) is 0 Å². The number of nitrogens with zero attached hydrogens (tertiary/aromatic N) is 1. The molecule has 3 nitrogen and oxygen atoms in total. The van der Waals surface area contributed by atoms with Crippen LogP contribution in [0.4, 0.5) is 0 Å². The van der Waals surface area contributed by atoms with Crippen molar-refractivity contribution in [1.82, 2.24) is 10.3 Å². The summed E-state index contributed by atoms with van der Waals surface area (Å²) in [6, 6.07) is 16.4. The summed E-state index contributed by atoms with van der Waals surface area (Å²) in [6.07, 6.45) is 0. The predicted octanol–water partition coefficient (Wildman–Crippen LogP) is 3.98. The van der Waals surface area contributed by atoms with Crippen molar-refractivity contribution in [1.29, 1.82) is 0 Å². The minimum absolute atomic E-state index is 0.520. The quantitative estimate of drug-likeness (QED) is 0.747. The molecule has 21 heavy (non-hydrogen) atoms. The van der Waals surface area contributed by atoms with Gasteiger partial charge in [0.2, 0.25) is 0 Å². The molecule has 1 aromatic heterocycles. The normalized spacial score (nSPS) is 10.9. The summed E-state index contributed by atoms with van der Waals surface area (Å²) in [6.45, 7) is 4.51. The van der Waals surface area contributed by atoms with Gasteiger partial charge in [0.15, 0.2) is 0 Å². The molecule has 2 aromatic carbocycles. The fourth-order valence-corrected chi connectivity index (χ4v) is 2.98. The van der Waals surface area contributed by atoms with Crippen LogP contribution in [0.1, 0.15) is 17.5 Å². The van der Waals surface area contributed by atoms with Crippen LogP contribution in [0.25, 0.3) is 10.2 Å². The van der Waals surface area contributed by atoms with E-state index >= 15 is 0 Å². The topological polar surface area (TPSA) is 34.1 Å². The number of aromatic nitrogens is 1. The first kappa shape index (κ1) is 14.0. The molecule has 3 rings (SSSR count). The van der Waals surface area contributed by atoms with Crippen molar-refractivity contribution in [2.45, 2.75) is 20.1 Å². The van der Waals surface area contributed by atoms with Gasteiger partial charge in [-0.2, -0.15) is 0 Å². The fraction of sp³-hybridized carbons (Fsp3) is 0.235. The van der Waals surface area contributed by atoms with Gasteiger partial charge in [0.05, 0.1) is 10.2 Å². The van der Waals surface area contributed by atoms with Gasteiger partial charge in [-0.1, -0.05) is 31.2 Å². The molecule has 4 heteroatoms. The van der Waals surface area contributed by atoms with Gasteiger partial charge in [0.1, 0.15) is 17.4 Å². The van der Waals surface area contributed by atoms with E-state index in [-0.39, 0.29) is 0 Å². The monoisotopic (exact) mass is 298 g/mol. The van der Waals surface area contributed by atoms with Crippen LogP contribution in [-0.2, 0) is 13.2 Å². The van der Waals surface area contributed by atoms with Gasteiger partial charge in [-0.05, 0) is 36.4 Å². The van der Waals surface area contributed by atoms with Crippen LogP contribution in [0.15, 0.2) is 48.5 Å². The van der Waals surface area contributed by atoms with Gasteiger partial charge < -0.3 is 10.1 Å². The zero-order chi connectivity index (χ0) is 14.5. The number of ether oxygens (including phenoxy) is 1. The largest absolute Gasteiger partial charge is 0.486 e. The van der Waals surface area contributed by atoms with Gasteiger partial charge in [-0.15, -0.1) is 11.3 Å². The first-order valence-corrected chi connectivity index (χ1v) is 7.93. The van der Waals surface area contributed by atoms with Gasteiger partial charge >= 0.3 is 0 Å². The maximum atomic E-state index is 5.81. The van der Waals surface area contributed by atoms with Gasteiger partial charge in [0, 0.05) is 6.54 Å². The van der Waals surface area contributed by atoms with Crippen LogP contribution in [-0.4, -0.2) is 11.5 Å². The molecule has 0 radical (unpaired) electrons. The van der Waals surface area contributed by atoms with E-state index in [0.29, 0.717) is 6.61 Å². The number of thiazole rings is 1. The van der Waals surface area contributed by atoms with E-state index in [1.807, 2.05) is 30.3 Å². The molecule has 0 aliphatic heterocycles. The lowest BCUT2D eigenvalue weighted by atomic mass is 10.2. The highest BCUT2D eigenvalue weighted by Crippen LogP contribution is 2.23. The molecule has 1 heterocycles. The zero-order valence-corrected chi connectivity index (χ0v) is 12.8. The Morgan fingerprint density at radius 1 is 1.10 bits per heavy atom. The summed E-state index contributed by atoms with van der Waals surface area (Å²) in [5.41, 5.74) is 2.31. The number of hydrogen-bond acceptors (Lipinski definition) is 4. The van der Waals surface area contributed by atoms with Crippen LogP contribution in [0.5, 0.6) is 5.75 Å². The molecule has 0 amide bonds. The lowest BCUT2D eigenvalue weighted by Crippen LogP contribution is -2.11. The SMILES string of the molecule is CCNCc1ccc(OCc2nc3ccccc3s2)cc1. The molecule has 0 unspecified atom stereocenters. The molecule has 0 saturated carbocycles. The molecule has 3 aromatic rings. The minimum atomic E-state index is 0.520. The highest BCUT2D eigenvalue weighted by molar-refractivity contribution is 7.18. The van der Waals surface area contributed by atoms with E-state index in [9.17, 15) is 0 Å². The third-order valence-electron chi connectivity index (χ3n) is 3.20. The van der Waals surface area contributed by atoms with Crippen molar-refractivity contribution >= 4 is 21.6 Å². The molecule has 0 atom stereocenters. The number of hydrogen-bond donors (Lipinski definition) is 1. The standard InChI is InChI=1S/C17H18N2OS/c1-2-18-11-13-7-9-14(10-8-13)20-12-17-19-15-5-3-4-6-16(15)21-17/h3-10,18H,2,11-12H2,1H3. The average molecular weight is 298 g/mol. The maximum Gasteiger partial charge on any atom is 0.140 e. The van der Waals surface area contributed by atoms with E-state index in [0.717, 1.165) is 29.4 Å². The lowest BCUT2D eigenvalue weighted by Gasteiger charge is -2.06. The Bertz CT molecular complexity index is 673. The Balaban J connectivity index is 1.61. The minimum Gasteiger partial charge on any atom is -0.486 e. The van der Waals surface area contributed by atoms with Crippen LogP contribution in [0, 0.1) is 0 Å². The number of rotatable bonds is 6. The molecular weight excluding hydrogens is 280 g/mol. The summed E-state index contributed by atoms with van der Waals surface area (Å²) in [5.74, 6) is 0.884. The van der Waals surface area contributed by atoms with Crippen molar-refractivity contribution in [3.8, 4) is 5.75 Å². The van der Waals surface area contributed by atoms with Crippen molar-refractivity contribution in [2.75, 3.05) is 6.54 Å². The first-order chi connectivity index (χ1) is 10.3. The number of benzene rings is 2. The Kier molecular flexibility index (Phi) is 4.48. The van der Waals surface area contributed by atoms with Crippen LogP contribution < -0.4 is 10.1 Å². The molecule has 108 valence electrons.